The Hall–Kier alpha value is -3.76. The molecule has 4 heterocycles. The maximum Gasteiger partial charge on any atom is 0.430 e. The van der Waals surface area contributed by atoms with Crippen LogP contribution in [0.2, 0.25) is 0 Å². The first-order chi connectivity index (χ1) is 17.0. The van der Waals surface area contributed by atoms with E-state index in [1.807, 2.05) is 0 Å². The van der Waals surface area contributed by atoms with E-state index in [1.54, 1.807) is 43.9 Å². The van der Waals surface area contributed by atoms with Crippen molar-refractivity contribution in [2.24, 2.45) is 7.05 Å². The van der Waals surface area contributed by atoms with Crippen molar-refractivity contribution in [2.45, 2.75) is 38.3 Å². The number of alkyl halides is 3. The van der Waals surface area contributed by atoms with Crippen molar-refractivity contribution >= 4 is 11.3 Å². The van der Waals surface area contributed by atoms with E-state index in [4.69, 9.17) is 9.15 Å². The zero-order valence-electron chi connectivity index (χ0n) is 19.8. The van der Waals surface area contributed by atoms with Gasteiger partial charge in [0.05, 0.1) is 31.2 Å². The zero-order valence-corrected chi connectivity index (χ0v) is 19.8. The van der Waals surface area contributed by atoms with E-state index in [0.29, 0.717) is 5.70 Å². The number of rotatable bonds is 3. The van der Waals surface area contributed by atoms with E-state index in [1.165, 1.54) is 28.3 Å². The Morgan fingerprint density at radius 1 is 1.14 bits per heavy atom. The normalized spacial score (nSPS) is 16.2. The summed E-state index contributed by atoms with van der Waals surface area (Å²) in [7, 11) is 3.03. The molecule has 0 fully saturated rings. The molecule has 0 aliphatic carbocycles. The second-order valence-electron chi connectivity index (χ2n) is 8.72. The van der Waals surface area contributed by atoms with Gasteiger partial charge in [0.1, 0.15) is 29.5 Å². The standard InChI is InChI=1S/C25H22F5N3O3/c1-5-24(6-2)14-12-15(26)18(25(28,29)30)19(27)17(14)16-11-13(35-4)7-8-32(16)20(24)22-33-10-9-31(3)21(33)23(34)36-22/h7-12H,5-6H2,1-4H3/q+2. The molecular formula is C25H22F5N3O3+2. The number of ether oxygens (including phenoxy) is 1. The van der Waals surface area contributed by atoms with Crippen molar-refractivity contribution in [2.75, 3.05) is 7.11 Å². The molecular weight excluding hydrogens is 485 g/mol. The van der Waals surface area contributed by atoms with E-state index >= 15 is 4.39 Å². The number of nitrogens with zero attached hydrogens (tertiary/aromatic N) is 3. The lowest BCUT2D eigenvalue weighted by Crippen LogP contribution is -2.53. The molecule has 0 unspecified atom stereocenters. The number of benzene rings is 1. The molecule has 1 aliphatic rings. The molecule has 6 nitrogen and oxygen atoms in total. The van der Waals surface area contributed by atoms with Crippen LogP contribution in [0.15, 0.2) is 46.0 Å². The maximum absolute atomic E-state index is 15.7. The van der Waals surface area contributed by atoms with Crippen LogP contribution in [-0.2, 0) is 18.6 Å². The molecule has 3 aromatic heterocycles. The van der Waals surface area contributed by atoms with Gasteiger partial charge >= 0.3 is 23.0 Å². The van der Waals surface area contributed by atoms with Crippen LogP contribution in [0.4, 0.5) is 22.0 Å². The fourth-order valence-electron chi connectivity index (χ4n) is 5.36. The summed E-state index contributed by atoms with van der Waals surface area (Å²) in [4.78, 5) is 12.7. The van der Waals surface area contributed by atoms with E-state index in [9.17, 15) is 22.4 Å². The van der Waals surface area contributed by atoms with Crippen molar-refractivity contribution in [3.05, 3.63) is 75.5 Å². The van der Waals surface area contributed by atoms with E-state index in [2.05, 4.69) is 0 Å². The monoisotopic (exact) mass is 507 g/mol. The Bertz CT molecular complexity index is 1650. The molecule has 0 saturated carbocycles. The maximum atomic E-state index is 15.7. The number of halogens is 5. The van der Waals surface area contributed by atoms with Gasteiger partial charge < -0.3 is 9.15 Å². The Kier molecular flexibility index (Phi) is 5.24. The lowest BCUT2D eigenvalue weighted by atomic mass is 9.68. The average molecular weight is 507 g/mol. The molecule has 36 heavy (non-hydrogen) atoms. The summed E-state index contributed by atoms with van der Waals surface area (Å²) in [5, 5.41) is 0. The molecule has 0 saturated heterocycles. The third-order valence-electron chi connectivity index (χ3n) is 7.13. The first kappa shape index (κ1) is 24.0. The third kappa shape index (κ3) is 3.04. The first-order valence-electron chi connectivity index (χ1n) is 11.2. The summed E-state index contributed by atoms with van der Waals surface area (Å²) in [6.07, 6.45) is 0.0388. The van der Waals surface area contributed by atoms with Crippen molar-refractivity contribution < 1.29 is 40.2 Å². The topological polar surface area (TPSA) is 51.6 Å². The Labute approximate surface area is 201 Å². The molecule has 4 aromatic rings. The van der Waals surface area contributed by atoms with E-state index in [-0.39, 0.29) is 46.6 Å². The molecule has 11 heteroatoms. The van der Waals surface area contributed by atoms with Gasteiger partial charge in [-0.3, -0.25) is 0 Å². The van der Waals surface area contributed by atoms with Crippen LogP contribution in [-0.4, -0.2) is 11.5 Å². The highest BCUT2D eigenvalue weighted by Crippen LogP contribution is 2.50. The number of hydrogen-bond donors (Lipinski definition) is 0. The minimum Gasteiger partial charge on any atom is -0.496 e. The van der Waals surface area contributed by atoms with Gasteiger partial charge in [0.2, 0.25) is 5.69 Å². The number of pyridine rings is 1. The number of imidazole rings is 1. The predicted octanol–water partition coefficient (Wildman–Crippen LogP) is 3.42. The molecule has 5 rings (SSSR count). The lowest BCUT2D eigenvalue weighted by Gasteiger charge is -2.35. The van der Waals surface area contributed by atoms with Crippen LogP contribution in [0.1, 0.15) is 37.8 Å². The van der Waals surface area contributed by atoms with Crippen molar-refractivity contribution in [1.29, 1.82) is 0 Å². The van der Waals surface area contributed by atoms with Crippen LogP contribution in [0, 0.1) is 11.6 Å². The third-order valence-corrected chi connectivity index (χ3v) is 7.13. The SMILES string of the molecule is CCC1(CC)C(=c2oc(=O)c3n2cc[n+]3C)[n+]2ccc(OC)cc2-c2c1cc(F)c(C(F)(F)F)c2F. The number of aryl methyl sites for hydroxylation is 1. The van der Waals surface area contributed by atoms with Crippen molar-refractivity contribution in [3.63, 3.8) is 0 Å². The highest BCUT2D eigenvalue weighted by Gasteiger charge is 2.53. The largest absolute Gasteiger partial charge is 0.496 e. The van der Waals surface area contributed by atoms with Crippen LogP contribution in [0.3, 0.4) is 0 Å². The van der Waals surface area contributed by atoms with E-state index in [0.717, 1.165) is 6.07 Å². The van der Waals surface area contributed by atoms with Crippen LogP contribution < -0.4 is 25.0 Å². The summed E-state index contributed by atoms with van der Waals surface area (Å²) >= 11 is 0. The van der Waals surface area contributed by atoms with Crippen LogP contribution in [0.5, 0.6) is 5.75 Å². The fourth-order valence-corrected chi connectivity index (χ4v) is 5.36. The lowest BCUT2D eigenvalue weighted by molar-refractivity contribution is -0.645. The molecule has 0 spiro atoms. The van der Waals surface area contributed by atoms with Crippen LogP contribution in [0.25, 0.3) is 22.6 Å². The highest BCUT2D eigenvalue weighted by molar-refractivity contribution is 5.75. The Balaban J connectivity index is 2.07. The summed E-state index contributed by atoms with van der Waals surface area (Å²) in [5.41, 5.74) is -3.41. The Morgan fingerprint density at radius 2 is 1.83 bits per heavy atom. The first-order valence-corrected chi connectivity index (χ1v) is 11.2. The fraction of sp³-hybridized carbons (Fsp3) is 0.320. The van der Waals surface area contributed by atoms with Gasteiger partial charge in [-0.15, -0.1) is 0 Å². The second-order valence-corrected chi connectivity index (χ2v) is 8.72. The van der Waals surface area contributed by atoms with Gasteiger partial charge in [0.25, 0.3) is 5.70 Å². The van der Waals surface area contributed by atoms with Gasteiger partial charge in [0.15, 0.2) is 12.0 Å². The van der Waals surface area contributed by atoms with Gasteiger partial charge in [-0.25, -0.2) is 18.1 Å². The Morgan fingerprint density at radius 3 is 2.44 bits per heavy atom. The van der Waals surface area contributed by atoms with Gasteiger partial charge in [-0.2, -0.15) is 22.1 Å². The number of methoxy groups -OCH3 is 1. The molecule has 1 aromatic carbocycles. The van der Waals surface area contributed by atoms with Crippen LogP contribution >= 0.6 is 0 Å². The number of hydrogen-bond acceptors (Lipinski definition) is 3. The summed E-state index contributed by atoms with van der Waals surface area (Å²) in [6.45, 7) is 3.54. The molecule has 0 atom stereocenters. The smallest absolute Gasteiger partial charge is 0.430 e. The number of oxazole rings is 1. The van der Waals surface area contributed by atoms with Gasteiger partial charge in [-0.1, -0.05) is 13.8 Å². The van der Waals surface area contributed by atoms with Gasteiger partial charge in [-0.05, 0) is 24.5 Å². The molecule has 188 valence electrons. The van der Waals surface area contributed by atoms with E-state index < -0.39 is 34.4 Å². The second kappa shape index (κ2) is 7.87. The highest BCUT2D eigenvalue weighted by atomic mass is 19.4. The summed E-state index contributed by atoms with van der Waals surface area (Å²) in [5.74, 6) is -3.15. The predicted molar refractivity (Wildman–Crippen MR) is 117 cm³/mol. The van der Waals surface area contributed by atoms with Crippen molar-refractivity contribution in [3.8, 4) is 17.0 Å². The average Bonchev–Trinajstić information content (AvgIpc) is 3.36. The minimum absolute atomic E-state index is 0.00778. The molecule has 0 bridgehead atoms. The quantitative estimate of drug-likeness (QED) is 0.316. The number of aromatic nitrogens is 3. The summed E-state index contributed by atoms with van der Waals surface area (Å²) in [6, 6.07) is 3.69. The van der Waals surface area contributed by atoms with Crippen molar-refractivity contribution in [1.82, 2.24) is 4.40 Å². The molecule has 0 radical (unpaired) electrons. The number of fused-ring (bicyclic) bond motifs is 4. The molecule has 0 amide bonds. The molecule has 0 N–H and O–H groups in total. The minimum atomic E-state index is -5.25. The summed E-state index contributed by atoms with van der Waals surface area (Å²) < 4.78 is 87.4. The van der Waals surface area contributed by atoms with Gasteiger partial charge in [0, 0.05) is 6.07 Å². The zero-order chi connectivity index (χ0) is 26.2. The molecule has 1 aliphatic heterocycles.